The largest absolute Gasteiger partial charge is 0.322 e. The fourth-order valence-electron chi connectivity index (χ4n) is 1.63. The molecule has 0 aliphatic heterocycles. The topological polar surface area (TPSA) is 29.1 Å². The van der Waals surface area contributed by atoms with Gasteiger partial charge in [-0.1, -0.05) is 41.9 Å². The standard InChI is InChI=1S/C16H14ClNO/c1-12-4-2-3-5-15(12)18-16(19)11-8-13-6-9-14(17)10-7-13/h2-11H,1H3,(H,18,19). The minimum atomic E-state index is -0.149. The van der Waals surface area contributed by atoms with Crippen LogP contribution in [-0.2, 0) is 4.79 Å². The number of hydrogen-bond acceptors (Lipinski definition) is 1. The molecule has 0 bridgehead atoms. The van der Waals surface area contributed by atoms with E-state index in [2.05, 4.69) is 5.32 Å². The first-order valence-electron chi connectivity index (χ1n) is 5.95. The van der Waals surface area contributed by atoms with Gasteiger partial charge in [-0.3, -0.25) is 4.79 Å². The third kappa shape index (κ3) is 3.97. The van der Waals surface area contributed by atoms with Gasteiger partial charge in [-0.15, -0.1) is 0 Å². The molecule has 2 rings (SSSR count). The van der Waals surface area contributed by atoms with Gasteiger partial charge in [0.05, 0.1) is 0 Å². The molecule has 0 heterocycles. The van der Waals surface area contributed by atoms with Crippen LogP contribution >= 0.6 is 11.6 Å². The highest BCUT2D eigenvalue weighted by Gasteiger charge is 2.00. The summed E-state index contributed by atoms with van der Waals surface area (Å²) in [6, 6.07) is 15.0. The molecule has 0 radical (unpaired) electrons. The van der Waals surface area contributed by atoms with Crippen molar-refractivity contribution in [3.05, 3.63) is 70.8 Å². The molecule has 3 heteroatoms. The van der Waals surface area contributed by atoms with E-state index in [-0.39, 0.29) is 5.91 Å². The van der Waals surface area contributed by atoms with Crippen molar-refractivity contribution in [2.75, 3.05) is 5.32 Å². The zero-order valence-corrected chi connectivity index (χ0v) is 11.3. The highest BCUT2D eigenvalue weighted by Crippen LogP contribution is 2.14. The lowest BCUT2D eigenvalue weighted by Gasteiger charge is -2.05. The number of halogens is 1. The molecule has 1 amide bonds. The van der Waals surface area contributed by atoms with Gasteiger partial charge in [-0.2, -0.15) is 0 Å². The molecule has 0 saturated heterocycles. The van der Waals surface area contributed by atoms with Gasteiger partial charge >= 0.3 is 0 Å². The fourth-order valence-corrected chi connectivity index (χ4v) is 1.76. The summed E-state index contributed by atoms with van der Waals surface area (Å²) in [6.07, 6.45) is 3.26. The molecule has 0 aliphatic rings. The zero-order valence-electron chi connectivity index (χ0n) is 10.6. The molecule has 0 unspecified atom stereocenters. The Bertz CT molecular complexity index is 602. The SMILES string of the molecule is Cc1ccccc1NC(=O)C=Cc1ccc(Cl)cc1. The van der Waals surface area contributed by atoms with E-state index in [0.29, 0.717) is 5.02 Å². The van der Waals surface area contributed by atoms with Gasteiger partial charge in [0.2, 0.25) is 5.91 Å². The lowest BCUT2D eigenvalue weighted by Crippen LogP contribution is -2.08. The highest BCUT2D eigenvalue weighted by molar-refractivity contribution is 6.30. The molecule has 0 atom stereocenters. The molecule has 2 aromatic rings. The first kappa shape index (κ1) is 13.4. The van der Waals surface area contributed by atoms with Crippen molar-refractivity contribution in [2.45, 2.75) is 6.92 Å². The summed E-state index contributed by atoms with van der Waals surface area (Å²) in [5, 5.41) is 3.52. The Balaban J connectivity index is 2.02. The van der Waals surface area contributed by atoms with Crippen molar-refractivity contribution in [1.82, 2.24) is 0 Å². The van der Waals surface area contributed by atoms with Gasteiger partial charge in [-0.25, -0.2) is 0 Å². The van der Waals surface area contributed by atoms with Gasteiger partial charge in [0.15, 0.2) is 0 Å². The Morgan fingerprint density at radius 2 is 1.79 bits per heavy atom. The number of carbonyl (C=O) groups is 1. The van der Waals surface area contributed by atoms with E-state index in [4.69, 9.17) is 11.6 Å². The number of carbonyl (C=O) groups excluding carboxylic acids is 1. The number of nitrogens with one attached hydrogen (secondary N) is 1. The quantitative estimate of drug-likeness (QED) is 0.829. The van der Waals surface area contributed by atoms with Crippen LogP contribution in [0.4, 0.5) is 5.69 Å². The lowest BCUT2D eigenvalue weighted by molar-refractivity contribution is -0.111. The average Bonchev–Trinajstić information content (AvgIpc) is 2.41. The van der Waals surface area contributed by atoms with Crippen molar-refractivity contribution in [2.24, 2.45) is 0 Å². The molecule has 0 aromatic heterocycles. The second kappa shape index (κ2) is 6.21. The van der Waals surface area contributed by atoms with Crippen LogP contribution < -0.4 is 5.32 Å². The maximum atomic E-state index is 11.8. The monoisotopic (exact) mass is 271 g/mol. The number of amides is 1. The third-order valence-corrected chi connectivity index (χ3v) is 2.95. The second-order valence-corrected chi connectivity index (χ2v) is 4.63. The third-order valence-electron chi connectivity index (χ3n) is 2.70. The molecular weight excluding hydrogens is 258 g/mol. The maximum absolute atomic E-state index is 11.8. The number of para-hydroxylation sites is 1. The van der Waals surface area contributed by atoms with E-state index in [0.717, 1.165) is 16.8 Å². The van der Waals surface area contributed by atoms with Crippen molar-refractivity contribution < 1.29 is 4.79 Å². The van der Waals surface area contributed by atoms with E-state index in [9.17, 15) is 4.79 Å². The first-order chi connectivity index (χ1) is 9.15. The summed E-state index contributed by atoms with van der Waals surface area (Å²) in [5.74, 6) is -0.149. The molecule has 2 aromatic carbocycles. The van der Waals surface area contributed by atoms with E-state index >= 15 is 0 Å². The van der Waals surface area contributed by atoms with Crippen molar-refractivity contribution in [3.8, 4) is 0 Å². The highest BCUT2D eigenvalue weighted by atomic mass is 35.5. The summed E-state index contributed by atoms with van der Waals surface area (Å²) < 4.78 is 0. The van der Waals surface area contributed by atoms with Crippen LogP contribution in [0.2, 0.25) is 5.02 Å². The fraction of sp³-hybridized carbons (Fsp3) is 0.0625. The predicted molar refractivity (Wildman–Crippen MR) is 80.3 cm³/mol. The average molecular weight is 272 g/mol. The lowest BCUT2D eigenvalue weighted by atomic mass is 10.2. The molecular formula is C16H14ClNO. The molecule has 0 saturated carbocycles. The number of benzene rings is 2. The maximum Gasteiger partial charge on any atom is 0.248 e. The van der Waals surface area contributed by atoms with Crippen molar-refractivity contribution in [3.63, 3.8) is 0 Å². The number of rotatable bonds is 3. The van der Waals surface area contributed by atoms with Gasteiger partial charge in [0.25, 0.3) is 0 Å². The summed E-state index contributed by atoms with van der Waals surface area (Å²) in [7, 11) is 0. The van der Waals surface area contributed by atoms with Gasteiger partial charge in [0, 0.05) is 16.8 Å². The Morgan fingerprint density at radius 1 is 1.11 bits per heavy atom. The Kier molecular flexibility index (Phi) is 4.37. The first-order valence-corrected chi connectivity index (χ1v) is 6.33. The Labute approximate surface area is 117 Å². The number of aryl methyl sites for hydroxylation is 1. The van der Waals surface area contributed by atoms with E-state index < -0.39 is 0 Å². The van der Waals surface area contributed by atoms with E-state index in [1.54, 1.807) is 18.2 Å². The van der Waals surface area contributed by atoms with Gasteiger partial charge < -0.3 is 5.32 Å². The Morgan fingerprint density at radius 3 is 2.47 bits per heavy atom. The molecule has 0 spiro atoms. The van der Waals surface area contributed by atoms with E-state index in [1.165, 1.54) is 6.08 Å². The minimum absolute atomic E-state index is 0.149. The molecule has 96 valence electrons. The van der Waals surface area contributed by atoms with Crippen LogP contribution in [0.25, 0.3) is 6.08 Å². The molecule has 1 N–H and O–H groups in total. The normalized spacial score (nSPS) is 10.6. The van der Waals surface area contributed by atoms with Crippen LogP contribution in [0.5, 0.6) is 0 Å². The predicted octanol–water partition coefficient (Wildman–Crippen LogP) is 4.30. The van der Waals surface area contributed by atoms with Crippen molar-refractivity contribution in [1.29, 1.82) is 0 Å². The smallest absolute Gasteiger partial charge is 0.248 e. The second-order valence-electron chi connectivity index (χ2n) is 4.19. The summed E-state index contributed by atoms with van der Waals surface area (Å²) >= 11 is 5.80. The van der Waals surface area contributed by atoms with E-state index in [1.807, 2.05) is 43.3 Å². The van der Waals surface area contributed by atoms with Crippen LogP contribution in [0.1, 0.15) is 11.1 Å². The van der Waals surface area contributed by atoms with Crippen LogP contribution in [-0.4, -0.2) is 5.91 Å². The van der Waals surface area contributed by atoms with Crippen LogP contribution in [0.15, 0.2) is 54.6 Å². The summed E-state index contributed by atoms with van der Waals surface area (Å²) in [6.45, 7) is 1.96. The van der Waals surface area contributed by atoms with Gasteiger partial charge in [-0.05, 0) is 42.3 Å². The molecule has 19 heavy (non-hydrogen) atoms. The molecule has 0 fully saturated rings. The summed E-state index contributed by atoms with van der Waals surface area (Å²) in [4.78, 5) is 11.8. The van der Waals surface area contributed by atoms with Crippen molar-refractivity contribution >= 4 is 29.3 Å². The number of hydrogen-bond donors (Lipinski definition) is 1. The van der Waals surface area contributed by atoms with Crippen LogP contribution in [0.3, 0.4) is 0 Å². The minimum Gasteiger partial charge on any atom is -0.322 e. The molecule has 2 nitrogen and oxygen atoms in total. The van der Waals surface area contributed by atoms with Gasteiger partial charge in [0.1, 0.15) is 0 Å². The Hall–Kier alpha value is -2.06. The zero-order chi connectivity index (χ0) is 13.7. The number of anilines is 1. The molecule has 0 aliphatic carbocycles. The van der Waals surface area contributed by atoms with Crippen LogP contribution in [0, 0.1) is 6.92 Å². The summed E-state index contributed by atoms with van der Waals surface area (Å²) in [5.41, 5.74) is 2.80.